The summed E-state index contributed by atoms with van der Waals surface area (Å²) in [4.78, 5) is 2.48. The molecule has 0 spiro atoms. The minimum absolute atomic E-state index is 0.561. The first-order chi connectivity index (χ1) is 33.8. The number of benzene rings is 11. The Morgan fingerprint density at radius 2 is 0.897 bits per heavy atom. The van der Waals surface area contributed by atoms with E-state index >= 15 is 0 Å². The fourth-order valence-corrected chi connectivity index (χ4v) is 11.5. The van der Waals surface area contributed by atoms with Crippen LogP contribution < -0.4 is 4.90 Å². The summed E-state index contributed by atoms with van der Waals surface area (Å²) in [6.45, 7) is 0. The van der Waals surface area contributed by atoms with Crippen LogP contribution in [-0.2, 0) is 5.41 Å². The molecule has 0 unspecified atom stereocenters. The van der Waals surface area contributed by atoms with Gasteiger partial charge in [-0.25, -0.2) is 0 Å². The molecule has 0 saturated heterocycles. The molecule has 0 aliphatic heterocycles. The van der Waals surface area contributed by atoms with Crippen LogP contribution in [0.25, 0.3) is 88.0 Å². The molecule has 1 aliphatic carbocycles. The normalized spacial score (nSPS) is 12.8. The molecule has 68 heavy (non-hydrogen) atoms. The molecule has 0 saturated carbocycles. The lowest BCUT2D eigenvalue weighted by Crippen LogP contribution is -2.28. The fourth-order valence-electron chi connectivity index (χ4n) is 11.5. The average Bonchev–Trinajstić information content (AvgIpc) is 4.09. The molecule has 1 aliphatic rings. The summed E-state index contributed by atoms with van der Waals surface area (Å²) < 4.78 is 13.4. The zero-order chi connectivity index (χ0) is 44.8. The molecular weight excluding hydrogens is 827 g/mol. The topological polar surface area (TPSA) is 29.5 Å². The Morgan fingerprint density at radius 3 is 1.72 bits per heavy atom. The summed E-state index contributed by atoms with van der Waals surface area (Å²) in [6, 6.07) is 90.0. The van der Waals surface area contributed by atoms with Crippen molar-refractivity contribution in [3.63, 3.8) is 0 Å². The molecular formula is C65H41NO2. The Balaban J connectivity index is 1.04. The molecule has 318 valence electrons. The van der Waals surface area contributed by atoms with Crippen molar-refractivity contribution >= 4 is 71.7 Å². The second-order valence-electron chi connectivity index (χ2n) is 17.9. The Labute approximate surface area is 393 Å². The maximum absolute atomic E-state index is 7.04. The lowest BCUT2D eigenvalue weighted by atomic mass is 9.68. The summed E-state index contributed by atoms with van der Waals surface area (Å²) in [5, 5.41) is 6.72. The van der Waals surface area contributed by atoms with Gasteiger partial charge in [-0.3, -0.25) is 0 Å². The predicted molar refractivity (Wildman–Crippen MR) is 281 cm³/mol. The van der Waals surface area contributed by atoms with Gasteiger partial charge in [0.15, 0.2) is 0 Å². The SMILES string of the molecule is c1ccc(C2(c3ccccc3)c3ccccc3-c3c(N(c4ccc(-c5cccc6oc7ccccc7c56)cc4)c4ccccc4-c4cccc5c4oc4c6ccccc6ccc54)cccc32)cc1. The van der Waals surface area contributed by atoms with Crippen molar-refractivity contribution in [1.29, 1.82) is 0 Å². The van der Waals surface area contributed by atoms with E-state index in [1.165, 1.54) is 33.4 Å². The van der Waals surface area contributed by atoms with Gasteiger partial charge >= 0.3 is 0 Å². The van der Waals surface area contributed by atoms with E-state index in [1.807, 2.05) is 12.1 Å². The molecule has 2 aromatic heterocycles. The molecule has 0 radical (unpaired) electrons. The lowest BCUT2D eigenvalue weighted by Gasteiger charge is -2.34. The van der Waals surface area contributed by atoms with E-state index in [-0.39, 0.29) is 0 Å². The molecule has 0 amide bonds. The number of furan rings is 2. The van der Waals surface area contributed by atoms with Crippen LogP contribution in [-0.4, -0.2) is 0 Å². The quantitative estimate of drug-likeness (QED) is 0.160. The first-order valence-corrected chi connectivity index (χ1v) is 23.3. The van der Waals surface area contributed by atoms with Crippen molar-refractivity contribution in [1.82, 2.24) is 0 Å². The highest BCUT2D eigenvalue weighted by molar-refractivity contribution is 6.18. The molecule has 0 fully saturated rings. The van der Waals surface area contributed by atoms with Gasteiger partial charge in [-0.2, -0.15) is 0 Å². The highest BCUT2D eigenvalue weighted by atomic mass is 16.3. The van der Waals surface area contributed by atoms with Crippen LogP contribution in [0.5, 0.6) is 0 Å². The first kappa shape index (κ1) is 38.4. The Hall–Kier alpha value is -8.92. The summed E-state index contributed by atoms with van der Waals surface area (Å²) in [7, 11) is 0. The smallest absolute Gasteiger partial charge is 0.143 e. The summed E-state index contributed by atoms with van der Waals surface area (Å²) in [5.74, 6) is 0. The van der Waals surface area contributed by atoms with Gasteiger partial charge in [-0.05, 0) is 86.8 Å². The summed E-state index contributed by atoms with van der Waals surface area (Å²) in [6.07, 6.45) is 0. The van der Waals surface area contributed by atoms with E-state index in [0.717, 1.165) is 94.0 Å². The van der Waals surface area contributed by atoms with Gasteiger partial charge in [0, 0.05) is 49.3 Å². The van der Waals surface area contributed by atoms with E-state index in [9.17, 15) is 0 Å². The molecule has 0 N–H and O–H groups in total. The number of rotatable bonds is 7. The first-order valence-electron chi connectivity index (χ1n) is 23.3. The van der Waals surface area contributed by atoms with Crippen LogP contribution in [0.15, 0.2) is 258 Å². The van der Waals surface area contributed by atoms with E-state index in [2.05, 4.69) is 241 Å². The minimum atomic E-state index is -0.561. The average molecular weight is 868 g/mol. The van der Waals surface area contributed by atoms with Crippen LogP contribution >= 0.6 is 0 Å². The van der Waals surface area contributed by atoms with Crippen LogP contribution in [0.3, 0.4) is 0 Å². The van der Waals surface area contributed by atoms with Gasteiger partial charge in [-0.15, -0.1) is 0 Å². The van der Waals surface area contributed by atoms with E-state index < -0.39 is 5.41 Å². The van der Waals surface area contributed by atoms with Crippen molar-refractivity contribution in [2.75, 3.05) is 4.90 Å². The molecule has 2 heterocycles. The minimum Gasteiger partial charge on any atom is -0.456 e. The molecule has 13 aromatic rings. The number of hydrogen-bond acceptors (Lipinski definition) is 3. The molecule has 14 rings (SSSR count). The van der Waals surface area contributed by atoms with Crippen molar-refractivity contribution in [2.45, 2.75) is 5.41 Å². The predicted octanol–water partition coefficient (Wildman–Crippen LogP) is 17.8. The third kappa shape index (κ3) is 5.54. The highest BCUT2D eigenvalue weighted by Crippen LogP contribution is 2.60. The lowest BCUT2D eigenvalue weighted by molar-refractivity contribution is 0.669. The largest absolute Gasteiger partial charge is 0.456 e. The van der Waals surface area contributed by atoms with Gasteiger partial charge in [0.05, 0.1) is 16.8 Å². The highest BCUT2D eigenvalue weighted by Gasteiger charge is 2.47. The van der Waals surface area contributed by atoms with Crippen LogP contribution in [0.1, 0.15) is 22.3 Å². The van der Waals surface area contributed by atoms with Gasteiger partial charge in [0.25, 0.3) is 0 Å². The third-order valence-electron chi connectivity index (χ3n) is 14.4. The van der Waals surface area contributed by atoms with E-state index in [0.29, 0.717) is 0 Å². The Morgan fingerprint density at radius 1 is 0.324 bits per heavy atom. The van der Waals surface area contributed by atoms with Gasteiger partial charge in [0.2, 0.25) is 0 Å². The molecule has 11 aromatic carbocycles. The van der Waals surface area contributed by atoms with Crippen LogP contribution in [0.4, 0.5) is 17.1 Å². The third-order valence-corrected chi connectivity index (χ3v) is 14.4. The standard InChI is InChI=1S/C65H41NO2/c1-3-19-44(20-4-1)65(45-21-5-2-6-22-45)55-30-12-9-25-53(55)62-56(65)31-17-33-58(62)66(46-39-36-43(37-40-46)47-27-16-35-60-61(47)54-26-11-14-34-59(54)67-60)57-32-13-10-24-49(57)50-28-15-29-51-52-41-38-42-18-7-8-23-48(42)63(52)68-64(50)51/h1-41H. The molecule has 0 atom stereocenters. The Bertz CT molecular complexity index is 4050. The second kappa shape index (κ2) is 15.1. The van der Waals surface area contributed by atoms with Crippen molar-refractivity contribution in [2.24, 2.45) is 0 Å². The second-order valence-corrected chi connectivity index (χ2v) is 17.9. The van der Waals surface area contributed by atoms with Gasteiger partial charge < -0.3 is 13.7 Å². The summed E-state index contributed by atoms with van der Waals surface area (Å²) >= 11 is 0. The van der Waals surface area contributed by atoms with Crippen LogP contribution in [0.2, 0.25) is 0 Å². The fraction of sp³-hybridized carbons (Fsp3) is 0.0154. The Kier molecular flexibility index (Phi) is 8.50. The van der Waals surface area contributed by atoms with E-state index in [4.69, 9.17) is 8.83 Å². The van der Waals surface area contributed by atoms with E-state index in [1.54, 1.807) is 0 Å². The maximum Gasteiger partial charge on any atom is 0.143 e. The number of nitrogens with zero attached hydrogens (tertiary/aromatic N) is 1. The summed E-state index contributed by atoms with van der Waals surface area (Å²) in [5.41, 5.74) is 17.9. The number of hydrogen-bond donors (Lipinski definition) is 0. The molecule has 3 nitrogen and oxygen atoms in total. The zero-order valence-corrected chi connectivity index (χ0v) is 36.9. The number of fused-ring (bicyclic) bond motifs is 11. The monoisotopic (exact) mass is 867 g/mol. The molecule has 3 heteroatoms. The molecule has 0 bridgehead atoms. The van der Waals surface area contributed by atoms with Crippen molar-refractivity contribution in [3.05, 3.63) is 271 Å². The number of anilines is 3. The number of para-hydroxylation sites is 3. The zero-order valence-electron chi connectivity index (χ0n) is 36.9. The van der Waals surface area contributed by atoms with Gasteiger partial charge in [0.1, 0.15) is 22.3 Å². The van der Waals surface area contributed by atoms with Crippen LogP contribution in [0, 0.1) is 0 Å². The van der Waals surface area contributed by atoms with Gasteiger partial charge in [-0.1, -0.05) is 206 Å². The maximum atomic E-state index is 7.04. The van der Waals surface area contributed by atoms with Crippen molar-refractivity contribution < 1.29 is 8.83 Å². The van der Waals surface area contributed by atoms with Crippen molar-refractivity contribution in [3.8, 4) is 33.4 Å².